The van der Waals surface area contributed by atoms with Crippen molar-refractivity contribution in [1.82, 2.24) is 10.5 Å². The second-order valence-corrected chi connectivity index (χ2v) is 4.88. The number of rotatable bonds is 3. The number of benzene rings is 1. The maximum atomic E-state index is 12.3. The standard InChI is InChI=1S/C15H14N4O2/c16-10-19(15(20)12-6-7-17-9-12)14-8-13(18-21-14)11-4-2-1-3-5-11/h1-5,8,12,17H,6-7,9H2. The van der Waals surface area contributed by atoms with Crippen molar-refractivity contribution in [2.75, 3.05) is 18.0 Å². The summed E-state index contributed by atoms with van der Waals surface area (Å²) in [4.78, 5) is 13.3. The van der Waals surface area contributed by atoms with E-state index in [1.165, 1.54) is 0 Å². The summed E-state index contributed by atoms with van der Waals surface area (Å²) in [6.07, 6.45) is 2.61. The molecule has 3 rings (SSSR count). The van der Waals surface area contributed by atoms with Crippen LogP contribution in [0, 0.1) is 17.4 Å². The van der Waals surface area contributed by atoms with Gasteiger partial charge in [0.05, 0.1) is 5.92 Å². The maximum absolute atomic E-state index is 12.3. The summed E-state index contributed by atoms with van der Waals surface area (Å²) in [5.41, 5.74) is 1.48. The van der Waals surface area contributed by atoms with Crippen LogP contribution in [-0.4, -0.2) is 24.2 Å². The average molecular weight is 282 g/mol. The average Bonchev–Trinajstić information content (AvgIpc) is 3.21. The van der Waals surface area contributed by atoms with E-state index in [1.807, 2.05) is 36.5 Å². The van der Waals surface area contributed by atoms with Crippen LogP contribution >= 0.6 is 0 Å². The minimum absolute atomic E-state index is 0.160. The van der Waals surface area contributed by atoms with Crippen molar-refractivity contribution in [3.05, 3.63) is 36.4 Å². The van der Waals surface area contributed by atoms with Crippen molar-refractivity contribution >= 4 is 11.8 Å². The Morgan fingerprint density at radius 2 is 2.24 bits per heavy atom. The number of amides is 1. The highest BCUT2D eigenvalue weighted by molar-refractivity contribution is 5.97. The summed E-state index contributed by atoms with van der Waals surface area (Å²) in [5, 5.41) is 16.3. The van der Waals surface area contributed by atoms with Crippen molar-refractivity contribution < 1.29 is 9.32 Å². The predicted octanol–water partition coefficient (Wildman–Crippen LogP) is 1.77. The van der Waals surface area contributed by atoms with Crippen molar-refractivity contribution in [3.8, 4) is 17.5 Å². The SMILES string of the molecule is N#CN(C(=O)C1CCNC1)c1cc(-c2ccccc2)no1. The molecular formula is C15H14N4O2. The summed E-state index contributed by atoms with van der Waals surface area (Å²) in [6.45, 7) is 1.39. The first-order chi connectivity index (χ1) is 10.3. The number of hydrogen-bond acceptors (Lipinski definition) is 5. The number of nitrogens with zero attached hydrogens (tertiary/aromatic N) is 3. The van der Waals surface area contributed by atoms with Gasteiger partial charge in [-0.3, -0.25) is 4.79 Å². The van der Waals surface area contributed by atoms with Crippen LogP contribution in [0.3, 0.4) is 0 Å². The third-order valence-corrected chi connectivity index (χ3v) is 3.52. The molecule has 0 bridgehead atoms. The lowest BCUT2D eigenvalue weighted by Gasteiger charge is -2.13. The van der Waals surface area contributed by atoms with Gasteiger partial charge in [0.1, 0.15) is 5.69 Å². The summed E-state index contributed by atoms with van der Waals surface area (Å²) >= 11 is 0. The van der Waals surface area contributed by atoms with E-state index in [0.717, 1.165) is 23.4 Å². The van der Waals surface area contributed by atoms with Gasteiger partial charge in [0, 0.05) is 18.2 Å². The third kappa shape index (κ3) is 2.64. The van der Waals surface area contributed by atoms with Gasteiger partial charge in [-0.1, -0.05) is 35.5 Å². The molecule has 0 saturated carbocycles. The van der Waals surface area contributed by atoms with Crippen LogP contribution in [0.15, 0.2) is 40.9 Å². The molecule has 106 valence electrons. The molecule has 0 radical (unpaired) electrons. The largest absolute Gasteiger partial charge is 0.337 e. The first-order valence-electron chi connectivity index (χ1n) is 6.76. The molecule has 0 aliphatic carbocycles. The molecule has 1 aromatic carbocycles. The maximum Gasteiger partial charge on any atom is 0.247 e. The Bertz CT molecular complexity index is 668. The number of anilines is 1. The Labute approximate surface area is 122 Å². The van der Waals surface area contributed by atoms with E-state index in [2.05, 4.69) is 10.5 Å². The van der Waals surface area contributed by atoms with Crippen molar-refractivity contribution in [3.63, 3.8) is 0 Å². The molecule has 1 amide bonds. The second-order valence-electron chi connectivity index (χ2n) is 4.88. The van der Waals surface area contributed by atoms with Gasteiger partial charge in [0.15, 0.2) is 6.19 Å². The third-order valence-electron chi connectivity index (χ3n) is 3.52. The normalized spacial score (nSPS) is 17.4. The molecule has 0 spiro atoms. The van der Waals surface area contributed by atoms with Crippen LogP contribution in [-0.2, 0) is 4.79 Å². The molecular weight excluding hydrogens is 268 g/mol. The fourth-order valence-electron chi connectivity index (χ4n) is 2.37. The van der Waals surface area contributed by atoms with Crippen LogP contribution in [0.4, 0.5) is 5.88 Å². The highest BCUT2D eigenvalue weighted by atomic mass is 16.5. The van der Waals surface area contributed by atoms with Gasteiger partial charge in [0.25, 0.3) is 0 Å². The van der Waals surface area contributed by atoms with E-state index < -0.39 is 0 Å². The number of aromatic nitrogens is 1. The highest BCUT2D eigenvalue weighted by Crippen LogP contribution is 2.25. The molecule has 6 nitrogen and oxygen atoms in total. The number of nitrogens with one attached hydrogen (secondary N) is 1. The molecule has 1 aliphatic heterocycles. The molecule has 1 unspecified atom stereocenters. The smallest absolute Gasteiger partial charge is 0.247 e. The van der Waals surface area contributed by atoms with E-state index >= 15 is 0 Å². The van der Waals surface area contributed by atoms with Crippen LogP contribution in [0.5, 0.6) is 0 Å². The minimum Gasteiger partial charge on any atom is -0.337 e. The predicted molar refractivity (Wildman–Crippen MR) is 76.0 cm³/mol. The van der Waals surface area contributed by atoms with Crippen LogP contribution in [0.2, 0.25) is 0 Å². The van der Waals surface area contributed by atoms with Gasteiger partial charge in [-0.15, -0.1) is 0 Å². The number of carbonyl (C=O) groups excluding carboxylic acids is 1. The van der Waals surface area contributed by atoms with Crippen LogP contribution in [0.25, 0.3) is 11.3 Å². The topological polar surface area (TPSA) is 82.2 Å². The lowest BCUT2D eigenvalue weighted by molar-refractivity contribution is -0.121. The number of carbonyl (C=O) groups is 1. The molecule has 21 heavy (non-hydrogen) atoms. The molecule has 1 atom stereocenters. The highest BCUT2D eigenvalue weighted by Gasteiger charge is 2.30. The van der Waals surface area contributed by atoms with Crippen molar-refractivity contribution in [2.24, 2.45) is 5.92 Å². The van der Waals surface area contributed by atoms with E-state index in [1.54, 1.807) is 6.07 Å². The Balaban J connectivity index is 1.84. The fraction of sp³-hybridized carbons (Fsp3) is 0.267. The Morgan fingerprint density at radius 1 is 1.43 bits per heavy atom. The first-order valence-corrected chi connectivity index (χ1v) is 6.76. The van der Waals surface area contributed by atoms with Crippen LogP contribution in [0.1, 0.15) is 6.42 Å². The first kappa shape index (κ1) is 13.3. The molecule has 1 saturated heterocycles. The van der Waals surface area contributed by atoms with E-state index in [9.17, 15) is 10.1 Å². The van der Waals surface area contributed by atoms with Gasteiger partial charge in [-0.05, 0) is 13.0 Å². The molecule has 1 N–H and O–H groups in total. The summed E-state index contributed by atoms with van der Waals surface area (Å²) in [6, 6.07) is 11.1. The van der Waals surface area contributed by atoms with Gasteiger partial charge < -0.3 is 9.84 Å². The quantitative estimate of drug-likeness (QED) is 0.685. The van der Waals surface area contributed by atoms with Gasteiger partial charge in [-0.2, -0.15) is 10.2 Å². The summed E-state index contributed by atoms with van der Waals surface area (Å²) in [5.74, 6) is -0.276. The monoisotopic (exact) mass is 282 g/mol. The zero-order valence-electron chi connectivity index (χ0n) is 11.3. The zero-order chi connectivity index (χ0) is 14.7. The second kappa shape index (κ2) is 5.77. The fourth-order valence-corrected chi connectivity index (χ4v) is 2.37. The zero-order valence-corrected chi connectivity index (χ0v) is 11.3. The molecule has 2 heterocycles. The Morgan fingerprint density at radius 3 is 2.90 bits per heavy atom. The van der Waals surface area contributed by atoms with Crippen molar-refractivity contribution in [2.45, 2.75) is 6.42 Å². The summed E-state index contributed by atoms with van der Waals surface area (Å²) < 4.78 is 5.16. The van der Waals surface area contributed by atoms with Crippen molar-refractivity contribution in [1.29, 1.82) is 5.26 Å². The van der Waals surface area contributed by atoms with Gasteiger partial charge >= 0.3 is 0 Å². The molecule has 6 heteroatoms. The Hall–Kier alpha value is -2.65. The van der Waals surface area contributed by atoms with E-state index in [0.29, 0.717) is 12.2 Å². The van der Waals surface area contributed by atoms with Gasteiger partial charge in [0.2, 0.25) is 11.8 Å². The molecule has 2 aromatic rings. The van der Waals surface area contributed by atoms with E-state index in [-0.39, 0.29) is 17.7 Å². The molecule has 1 fully saturated rings. The van der Waals surface area contributed by atoms with Crippen LogP contribution < -0.4 is 10.2 Å². The lowest BCUT2D eigenvalue weighted by Crippen LogP contribution is -2.33. The number of nitriles is 1. The number of hydrogen-bond donors (Lipinski definition) is 1. The minimum atomic E-state index is -0.252. The Kier molecular flexibility index (Phi) is 3.67. The summed E-state index contributed by atoms with van der Waals surface area (Å²) in [7, 11) is 0. The lowest BCUT2D eigenvalue weighted by atomic mass is 10.1. The molecule has 1 aliphatic rings. The molecule has 1 aromatic heterocycles. The van der Waals surface area contributed by atoms with Gasteiger partial charge in [-0.25, -0.2) is 0 Å². The van der Waals surface area contributed by atoms with E-state index in [4.69, 9.17) is 4.52 Å².